The molecule has 0 aromatic heterocycles. The topological polar surface area (TPSA) is 30.5 Å². The first-order valence-electron chi connectivity index (χ1n) is 6.32. The third kappa shape index (κ3) is 2.10. The van der Waals surface area contributed by atoms with E-state index < -0.39 is 0 Å². The van der Waals surface area contributed by atoms with Gasteiger partial charge >= 0.3 is 0 Å². The largest absolute Gasteiger partial charge is 0.374 e. The molecule has 1 aliphatic carbocycles. The van der Waals surface area contributed by atoms with Gasteiger partial charge in [-0.05, 0) is 24.0 Å². The van der Waals surface area contributed by atoms with E-state index in [1.165, 1.54) is 11.1 Å². The molecule has 1 N–H and O–H groups in total. The Bertz CT molecular complexity index is 378. The summed E-state index contributed by atoms with van der Waals surface area (Å²) >= 11 is 0. The highest BCUT2D eigenvalue weighted by molar-refractivity contribution is 5.32. The Labute approximate surface area is 102 Å². The van der Waals surface area contributed by atoms with Crippen LogP contribution >= 0.6 is 0 Å². The van der Waals surface area contributed by atoms with Gasteiger partial charge in [0.1, 0.15) is 0 Å². The summed E-state index contributed by atoms with van der Waals surface area (Å²) in [5.74, 6) is 0. The minimum absolute atomic E-state index is 0.0181. The Kier molecular flexibility index (Phi) is 2.90. The second kappa shape index (κ2) is 4.41. The zero-order chi connectivity index (χ0) is 11.7. The molecule has 1 saturated heterocycles. The molecule has 3 heteroatoms. The van der Waals surface area contributed by atoms with Crippen molar-refractivity contribution in [3.05, 3.63) is 35.4 Å². The van der Waals surface area contributed by atoms with E-state index in [0.717, 1.165) is 32.5 Å². The maximum atomic E-state index is 5.74. The van der Waals surface area contributed by atoms with Gasteiger partial charge in [0.2, 0.25) is 0 Å². The Morgan fingerprint density at radius 3 is 2.59 bits per heavy atom. The Hall–Kier alpha value is -0.900. The highest BCUT2D eigenvalue weighted by Gasteiger charge is 2.44. The van der Waals surface area contributed by atoms with Crippen LogP contribution in [0.3, 0.4) is 0 Å². The van der Waals surface area contributed by atoms with E-state index in [4.69, 9.17) is 9.47 Å². The van der Waals surface area contributed by atoms with Gasteiger partial charge in [0.25, 0.3) is 0 Å². The minimum atomic E-state index is 0.0181. The summed E-state index contributed by atoms with van der Waals surface area (Å²) in [6.07, 6.45) is 2.49. The summed E-state index contributed by atoms with van der Waals surface area (Å²) in [5.41, 5.74) is 2.57. The molecule has 2 fully saturated rings. The van der Waals surface area contributed by atoms with Crippen molar-refractivity contribution in [2.75, 3.05) is 26.8 Å². The molecule has 1 aliphatic heterocycles. The predicted octanol–water partition coefficient (Wildman–Crippen LogP) is 1.98. The highest BCUT2D eigenvalue weighted by Crippen LogP contribution is 2.48. The summed E-state index contributed by atoms with van der Waals surface area (Å²) in [6, 6.07) is 8.71. The lowest BCUT2D eigenvalue weighted by Crippen LogP contribution is -2.33. The zero-order valence-electron chi connectivity index (χ0n) is 10.2. The molecule has 0 bridgehead atoms. The molecule has 3 rings (SSSR count). The van der Waals surface area contributed by atoms with Crippen LogP contribution < -0.4 is 5.32 Å². The van der Waals surface area contributed by atoms with Crippen molar-refractivity contribution >= 4 is 0 Å². The molecule has 0 amide bonds. The minimum Gasteiger partial charge on any atom is -0.374 e. The van der Waals surface area contributed by atoms with Crippen LogP contribution in [-0.2, 0) is 15.1 Å². The van der Waals surface area contributed by atoms with E-state index in [9.17, 15) is 0 Å². The molecule has 3 nitrogen and oxygen atoms in total. The van der Waals surface area contributed by atoms with Crippen LogP contribution in [0.15, 0.2) is 24.3 Å². The number of nitrogens with one attached hydrogen (secondary N) is 1. The number of rotatable bonds is 3. The first-order valence-corrected chi connectivity index (χ1v) is 6.32. The van der Waals surface area contributed by atoms with Crippen LogP contribution in [-0.4, -0.2) is 26.8 Å². The van der Waals surface area contributed by atoms with Crippen LogP contribution in [0, 0.1) is 0 Å². The van der Waals surface area contributed by atoms with E-state index in [2.05, 4.69) is 29.6 Å². The first-order chi connectivity index (χ1) is 8.34. The summed E-state index contributed by atoms with van der Waals surface area (Å²) < 4.78 is 11.3. The van der Waals surface area contributed by atoms with Crippen molar-refractivity contribution in [2.24, 2.45) is 0 Å². The van der Waals surface area contributed by atoms with Crippen LogP contribution in [0.1, 0.15) is 30.1 Å². The molecule has 1 unspecified atom stereocenters. The van der Waals surface area contributed by atoms with Crippen molar-refractivity contribution < 1.29 is 9.47 Å². The number of hydrogen-bond acceptors (Lipinski definition) is 3. The first kappa shape index (κ1) is 11.2. The third-order valence-electron chi connectivity index (χ3n) is 3.83. The van der Waals surface area contributed by atoms with Crippen LogP contribution in [0.4, 0.5) is 0 Å². The van der Waals surface area contributed by atoms with Gasteiger partial charge in [-0.3, -0.25) is 0 Å². The SMILES string of the molecule is COC1(c2ccc(C3CNCCO3)cc2)CC1. The number of ether oxygens (including phenoxy) is 2. The Morgan fingerprint density at radius 2 is 2.06 bits per heavy atom. The quantitative estimate of drug-likeness (QED) is 0.866. The second-order valence-electron chi connectivity index (χ2n) is 4.88. The molecule has 0 spiro atoms. The van der Waals surface area contributed by atoms with Gasteiger partial charge in [-0.1, -0.05) is 24.3 Å². The number of methoxy groups -OCH3 is 1. The van der Waals surface area contributed by atoms with Crippen molar-refractivity contribution in [1.29, 1.82) is 0 Å². The maximum absolute atomic E-state index is 5.74. The van der Waals surface area contributed by atoms with E-state index in [1.54, 1.807) is 7.11 Å². The van der Waals surface area contributed by atoms with E-state index in [-0.39, 0.29) is 11.7 Å². The molecule has 2 aliphatic rings. The number of benzene rings is 1. The molecule has 1 saturated carbocycles. The normalized spacial score (nSPS) is 26.8. The van der Waals surface area contributed by atoms with Crippen molar-refractivity contribution in [3.8, 4) is 0 Å². The molecule has 1 aromatic rings. The zero-order valence-corrected chi connectivity index (χ0v) is 10.2. The summed E-state index contributed by atoms with van der Waals surface area (Å²) in [7, 11) is 1.80. The van der Waals surface area contributed by atoms with Gasteiger partial charge in [-0.2, -0.15) is 0 Å². The highest BCUT2D eigenvalue weighted by atomic mass is 16.5. The lowest BCUT2D eigenvalue weighted by atomic mass is 10.0. The Balaban J connectivity index is 1.75. The smallest absolute Gasteiger partial charge is 0.0949 e. The second-order valence-corrected chi connectivity index (χ2v) is 4.88. The fourth-order valence-electron chi connectivity index (χ4n) is 2.51. The van der Waals surface area contributed by atoms with Crippen LogP contribution in [0.5, 0.6) is 0 Å². The molecule has 0 radical (unpaired) electrons. The third-order valence-corrected chi connectivity index (χ3v) is 3.83. The fraction of sp³-hybridized carbons (Fsp3) is 0.571. The van der Waals surface area contributed by atoms with Gasteiger partial charge in [-0.15, -0.1) is 0 Å². The van der Waals surface area contributed by atoms with Gasteiger partial charge in [0, 0.05) is 20.2 Å². The molecule has 92 valence electrons. The maximum Gasteiger partial charge on any atom is 0.0949 e. The van der Waals surface area contributed by atoms with Gasteiger partial charge < -0.3 is 14.8 Å². The monoisotopic (exact) mass is 233 g/mol. The Morgan fingerprint density at radius 1 is 1.29 bits per heavy atom. The van der Waals surface area contributed by atoms with Gasteiger partial charge in [-0.25, -0.2) is 0 Å². The summed E-state index contributed by atoms with van der Waals surface area (Å²) in [5, 5.41) is 3.35. The van der Waals surface area contributed by atoms with Gasteiger partial charge in [0.05, 0.1) is 18.3 Å². The van der Waals surface area contributed by atoms with Crippen LogP contribution in [0.2, 0.25) is 0 Å². The molecule has 1 atom stereocenters. The van der Waals surface area contributed by atoms with Gasteiger partial charge in [0.15, 0.2) is 0 Å². The summed E-state index contributed by atoms with van der Waals surface area (Å²) in [6.45, 7) is 2.67. The summed E-state index contributed by atoms with van der Waals surface area (Å²) in [4.78, 5) is 0. The van der Waals surface area contributed by atoms with Crippen molar-refractivity contribution in [3.63, 3.8) is 0 Å². The molecule has 1 aromatic carbocycles. The van der Waals surface area contributed by atoms with E-state index >= 15 is 0 Å². The molecular weight excluding hydrogens is 214 g/mol. The molecule has 17 heavy (non-hydrogen) atoms. The van der Waals surface area contributed by atoms with E-state index in [0.29, 0.717) is 0 Å². The average molecular weight is 233 g/mol. The number of hydrogen-bond donors (Lipinski definition) is 1. The van der Waals surface area contributed by atoms with E-state index in [1.807, 2.05) is 0 Å². The standard InChI is InChI=1S/C14H19NO2/c1-16-14(6-7-14)12-4-2-11(3-5-12)13-10-15-8-9-17-13/h2-5,13,15H,6-10H2,1H3. The van der Waals surface area contributed by atoms with Crippen LogP contribution in [0.25, 0.3) is 0 Å². The van der Waals surface area contributed by atoms with Crippen molar-refractivity contribution in [2.45, 2.75) is 24.5 Å². The fourth-order valence-corrected chi connectivity index (χ4v) is 2.51. The lowest BCUT2D eigenvalue weighted by molar-refractivity contribution is 0.0276. The number of morpholine rings is 1. The lowest BCUT2D eigenvalue weighted by Gasteiger charge is -2.24. The average Bonchev–Trinajstić information content (AvgIpc) is 3.21. The molecular formula is C14H19NO2. The van der Waals surface area contributed by atoms with Crippen molar-refractivity contribution in [1.82, 2.24) is 5.32 Å². The predicted molar refractivity (Wildman–Crippen MR) is 65.9 cm³/mol. The molecule has 1 heterocycles.